The number of rotatable bonds is 5. The van der Waals surface area contributed by atoms with Gasteiger partial charge in [-0.25, -0.2) is 4.98 Å². The molecule has 1 fully saturated rings. The molecular weight excluding hydrogens is 371 g/mol. The first-order chi connectivity index (χ1) is 11.7. The molecule has 1 aliphatic rings. The number of likely N-dealkylation sites (tertiary alicyclic amines) is 1. The van der Waals surface area contributed by atoms with Crippen LogP contribution in [0.15, 0.2) is 42.9 Å². The van der Waals surface area contributed by atoms with E-state index in [0.717, 1.165) is 38.2 Å². The van der Waals surface area contributed by atoms with Crippen molar-refractivity contribution in [1.82, 2.24) is 14.5 Å². The first-order valence-electron chi connectivity index (χ1n) is 8.81. The molecule has 2 aromatic rings. The van der Waals surface area contributed by atoms with Gasteiger partial charge in [0.15, 0.2) is 0 Å². The number of hydrogen-bond acceptors (Lipinski definition) is 3. The maximum atomic E-state index is 12.5. The number of benzene rings is 1. The van der Waals surface area contributed by atoms with Crippen LogP contribution in [0.5, 0.6) is 0 Å². The van der Waals surface area contributed by atoms with E-state index in [-0.39, 0.29) is 30.7 Å². The summed E-state index contributed by atoms with van der Waals surface area (Å²) in [5, 5.41) is 0. The van der Waals surface area contributed by atoms with E-state index >= 15 is 0 Å². The van der Waals surface area contributed by atoms with Crippen molar-refractivity contribution in [2.45, 2.75) is 44.7 Å². The minimum Gasteiger partial charge on any atom is -0.341 e. The summed E-state index contributed by atoms with van der Waals surface area (Å²) in [6.07, 6.45) is 8.89. The summed E-state index contributed by atoms with van der Waals surface area (Å²) in [4.78, 5) is 18.9. The van der Waals surface area contributed by atoms with Crippen LogP contribution in [-0.2, 0) is 17.8 Å². The van der Waals surface area contributed by atoms with E-state index in [4.69, 9.17) is 5.73 Å². The van der Waals surface area contributed by atoms with Crippen LogP contribution >= 0.6 is 24.8 Å². The molecule has 0 unspecified atom stereocenters. The van der Waals surface area contributed by atoms with Crippen LogP contribution in [0.2, 0.25) is 0 Å². The number of nitrogens with zero attached hydrogens (tertiary/aromatic N) is 3. The van der Waals surface area contributed by atoms with Crippen molar-refractivity contribution < 1.29 is 4.79 Å². The number of hydrogen-bond donors (Lipinski definition) is 1. The smallest absolute Gasteiger partial charge is 0.239 e. The van der Waals surface area contributed by atoms with Gasteiger partial charge in [0.25, 0.3) is 0 Å². The average molecular weight is 399 g/mol. The maximum Gasteiger partial charge on any atom is 0.239 e. The standard InChI is InChI=1S/C19H26N4O.2ClH/c20-18(19(24)23-10-6-1-2-7-11-23)12-17-14-22(15-21-17)13-16-8-4-3-5-9-16;;/h3-5,8-9,14-15,18H,1-2,6-7,10-13,20H2;2*1H/t18-;;/m0../s1. The van der Waals surface area contributed by atoms with Crippen LogP contribution in [0.3, 0.4) is 0 Å². The molecule has 7 heteroatoms. The number of amides is 1. The molecule has 0 bridgehead atoms. The number of nitrogens with two attached hydrogens (primary N) is 1. The molecule has 2 N–H and O–H groups in total. The summed E-state index contributed by atoms with van der Waals surface area (Å²) in [5.41, 5.74) is 8.26. The van der Waals surface area contributed by atoms with Gasteiger partial charge in [-0.1, -0.05) is 43.2 Å². The van der Waals surface area contributed by atoms with Gasteiger partial charge in [-0.2, -0.15) is 0 Å². The third-order valence-electron chi connectivity index (χ3n) is 4.56. The lowest BCUT2D eigenvalue weighted by molar-refractivity contribution is -0.132. The Morgan fingerprint density at radius 3 is 2.38 bits per heavy atom. The van der Waals surface area contributed by atoms with Gasteiger partial charge in [0.2, 0.25) is 5.91 Å². The van der Waals surface area contributed by atoms with E-state index in [2.05, 4.69) is 17.1 Å². The molecule has 1 amide bonds. The zero-order valence-corrected chi connectivity index (χ0v) is 16.6. The second-order valence-electron chi connectivity index (χ2n) is 6.57. The van der Waals surface area contributed by atoms with Gasteiger partial charge in [0.05, 0.1) is 18.1 Å². The van der Waals surface area contributed by atoms with E-state index in [1.807, 2.05) is 40.2 Å². The molecule has 1 aromatic heterocycles. The fraction of sp³-hybridized carbons (Fsp3) is 0.474. The van der Waals surface area contributed by atoms with Crippen LogP contribution in [-0.4, -0.2) is 39.5 Å². The van der Waals surface area contributed by atoms with Crippen molar-refractivity contribution in [3.8, 4) is 0 Å². The Morgan fingerprint density at radius 1 is 1.08 bits per heavy atom. The predicted molar refractivity (Wildman–Crippen MR) is 109 cm³/mol. The highest BCUT2D eigenvalue weighted by Gasteiger charge is 2.22. The molecule has 5 nitrogen and oxygen atoms in total. The number of carbonyl (C=O) groups excluding carboxylic acids is 1. The second-order valence-corrected chi connectivity index (χ2v) is 6.57. The zero-order chi connectivity index (χ0) is 16.8. The van der Waals surface area contributed by atoms with E-state index in [1.165, 1.54) is 18.4 Å². The highest BCUT2D eigenvalue weighted by molar-refractivity contribution is 5.85. The minimum atomic E-state index is -0.497. The number of imidazole rings is 1. The number of aromatic nitrogens is 2. The highest BCUT2D eigenvalue weighted by atomic mass is 35.5. The quantitative estimate of drug-likeness (QED) is 0.841. The first kappa shape index (κ1) is 22.5. The molecule has 1 aliphatic heterocycles. The largest absolute Gasteiger partial charge is 0.341 e. The van der Waals surface area contributed by atoms with Crippen molar-refractivity contribution in [2.24, 2.45) is 5.73 Å². The second kappa shape index (κ2) is 11.2. The number of carbonyl (C=O) groups is 1. The SMILES string of the molecule is Cl.Cl.N[C@@H](Cc1cn(Cc2ccccc2)cn1)C(=O)N1CCCCCC1. The summed E-state index contributed by atoms with van der Waals surface area (Å²) in [5.74, 6) is 0.0644. The molecule has 0 radical (unpaired) electrons. The predicted octanol–water partition coefficient (Wildman–Crippen LogP) is 3.05. The fourth-order valence-electron chi connectivity index (χ4n) is 3.23. The average Bonchev–Trinajstić information content (AvgIpc) is 2.86. The van der Waals surface area contributed by atoms with Gasteiger partial charge in [-0.15, -0.1) is 24.8 Å². The van der Waals surface area contributed by atoms with Crippen molar-refractivity contribution in [2.75, 3.05) is 13.1 Å². The molecule has 2 heterocycles. The van der Waals surface area contributed by atoms with E-state index < -0.39 is 6.04 Å². The van der Waals surface area contributed by atoms with Gasteiger partial charge in [0.1, 0.15) is 0 Å². The Morgan fingerprint density at radius 2 is 1.73 bits per heavy atom. The molecule has 1 atom stereocenters. The Hall–Kier alpha value is -1.56. The lowest BCUT2D eigenvalue weighted by Crippen LogP contribution is -2.45. The van der Waals surface area contributed by atoms with Crippen molar-refractivity contribution in [3.05, 3.63) is 54.1 Å². The lowest BCUT2D eigenvalue weighted by Gasteiger charge is -2.23. The van der Waals surface area contributed by atoms with Gasteiger partial charge in [-0.3, -0.25) is 4.79 Å². The van der Waals surface area contributed by atoms with E-state index in [0.29, 0.717) is 6.42 Å². The highest BCUT2D eigenvalue weighted by Crippen LogP contribution is 2.12. The van der Waals surface area contributed by atoms with Crippen molar-refractivity contribution >= 4 is 30.7 Å². The van der Waals surface area contributed by atoms with Gasteiger partial charge in [-0.05, 0) is 18.4 Å². The first-order valence-corrected chi connectivity index (χ1v) is 8.81. The van der Waals surface area contributed by atoms with Crippen LogP contribution in [0.1, 0.15) is 36.9 Å². The molecule has 0 spiro atoms. The van der Waals surface area contributed by atoms with Gasteiger partial charge < -0.3 is 15.2 Å². The molecular formula is C19H28Cl2N4O. The lowest BCUT2D eigenvalue weighted by atomic mass is 10.1. The third kappa shape index (κ3) is 6.31. The van der Waals surface area contributed by atoms with Crippen LogP contribution in [0.4, 0.5) is 0 Å². The molecule has 144 valence electrons. The summed E-state index contributed by atoms with van der Waals surface area (Å²) in [6.45, 7) is 2.47. The molecule has 3 rings (SSSR count). The van der Waals surface area contributed by atoms with Crippen molar-refractivity contribution in [1.29, 1.82) is 0 Å². The third-order valence-corrected chi connectivity index (χ3v) is 4.56. The Labute approximate surface area is 167 Å². The summed E-state index contributed by atoms with van der Waals surface area (Å²) >= 11 is 0. The topological polar surface area (TPSA) is 64.2 Å². The van der Waals surface area contributed by atoms with E-state index in [1.54, 1.807) is 0 Å². The van der Waals surface area contributed by atoms with E-state index in [9.17, 15) is 4.79 Å². The fourth-order valence-corrected chi connectivity index (χ4v) is 3.23. The maximum absolute atomic E-state index is 12.5. The molecule has 0 aliphatic carbocycles. The van der Waals surface area contributed by atoms with Crippen LogP contribution in [0, 0.1) is 0 Å². The monoisotopic (exact) mass is 398 g/mol. The molecule has 0 saturated carbocycles. The number of halogens is 2. The van der Waals surface area contributed by atoms with Crippen LogP contribution < -0.4 is 5.73 Å². The summed E-state index contributed by atoms with van der Waals surface area (Å²) < 4.78 is 2.04. The molecule has 26 heavy (non-hydrogen) atoms. The minimum absolute atomic E-state index is 0. The van der Waals surface area contributed by atoms with Crippen molar-refractivity contribution in [3.63, 3.8) is 0 Å². The zero-order valence-electron chi connectivity index (χ0n) is 14.9. The normalized spacial score (nSPS) is 15.3. The Balaban J connectivity index is 0.00000169. The summed E-state index contributed by atoms with van der Waals surface area (Å²) in [6, 6.07) is 9.76. The van der Waals surface area contributed by atoms with Gasteiger partial charge >= 0.3 is 0 Å². The summed E-state index contributed by atoms with van der Waals surface area (Å²) in [7, 11) is 0. The Kier molecular flexibility index (Phi) is 9.70. The molecule has 1 saturated heterocycles. The van der Waals surface area contributed by atoms with Crippen LogP contribution in [0.25, 0.3) is 0 Å². The van der Waals surface area contributed by atoms with Gasteiger partial charge in [0, 0.05) is 32.3 Å². The molecule has 1 aromatic carbocycles. The Bertz CT molecular complexity index is 655.